The van der Waals surface area contributed by atoms with Crippen molar-refractivity contribution in [3.8, 4) is 0 Å². The Bertz CT molecular complexity index is 857. The molecular formula is C17H21N3O5S. The second-order valence-electron chi connectivity index (χ2n) is 5.56. The third-order valence-corrected chi connectivity index (χ3v) is 4.98. The van der Waals surface area contributed by atoms with Crippen LogP contribution in [0.25, 0.3) is 0 Å². The van der Waals surface area contributed by atoms with Gasteiger partial charge in [-0.2, -0.15) is 8.42 Å². The zero-order valence-electron chi connectivity index (χ0n) is 14.9. The molecule has 2 rings (SSSR count). The van der Waals surface area contributed by atoms with E-state index in [2.05, 4.69) is 9.71 Å². The van der Waals surface area contributed by atoms with Gasteiger partial charge in [0, 0.05) is 11.9 Å². The number of ether oxygens (including phenoxy) is 1. The molecule has 0 fully saturated rings. The molecule has 0 atom stereocenters. The van der Waals surface area contributed by atoms with Crippen LogP contribution in [-0.4, -0.2) is 43.5 Å². The second kappa shape index (κ2) is 8.13. The molecule has 0 saturated carbocycles. The highest BCUT2D eigenvalue weighted by Crippen LogP contribution is 2.18. The van der Waals surface area contributed by atoms with Crippen molar-refractivity contribution in [1.29, 1.82) is 0 Å². The first-order valence-electron chi connectivity index (χ1n) is 8.13. The number of anilines is 1. The molecule has 8 nitrogen and oxygen atoms in total. The summed E-state index contributed by atoms with van der Waals surface area (Å²) in [6.07, 6.45) is 1.95. The number of hydrogen-bond acceptors (Lipinski definition) is 5. The minimum absolute atomic E-state index is 0.00164. The summed E-state index contributed by atoms with van der Waals surface area (Å²) >= 11 is 0. The number of aryl methyl sites for hydroxylation is 1. The molecule has 0 saturated heterocycles. The van der Waals surface area contributed by atoms with E-state index in [0.717, 1.165) is 22.5 Å². The quantitative estimate of drug-likeness (QED) is 0.757. The highest BCUT2D eigenvalue weighted by molar-refractivity contribution is 7.88. The zero-order chi connectivity index (χ0) is 19.3. The maximum atomic E-state index is 12.2. The van der Waals surface area contributed by atoms with Gasteiger partial charge >= 0.3 is 16.2 Å². The number of amides is 1. The minimum atomic E-state index is -4.08. The number of rotatable bonds is 6. The number of carbonyl (C=O) groups excluding carboxylic acids is 2. The molecule has 0 spiro atoms. The van der Waals surface area contributed by atoms with Crippen LogP contribution in [0.3, 0.4) is 0 Å². The van der Waals surface area contributed by atoms with Crippen molar-refractivity contribution in [2.24, 2.45) is 4.40 Å². The van der Waals surface area contributed by atoms with Gasteiger partial charge in [0.2, 0.25) is 5.91 Å². The molecule has 26 heavy (non-hydrogen) atoms. The van der Waals surface area contributed by atoms with Crippen molar-refractivity contribution < 1.29 is 22.7 Å². The van der Waals surface area contributed by atoms with Crippen molar-refractivity contribution in [2.75, 3.05) is 18.5 Å². The standard InChI is InChI=1S/C17H21N3O5S/c1-4-13-6-8-14(9-7-13)18-16(21)11-20-10-15(17(22)25-5-2)12(3)19-26(20,23)24/h6-10H,4-5,11H2,1-3H3,(H,18,21). The van der Waals surface area contributed by atoms with E-state index in [0.29, 0.717) is 5.69 Å². The van der Waals surface area contributed by atoms with E-state index >= 15 is 0 Å². The van der Waals surface area contributed by atoms with Gasteiger partial charge < -0.3 is 10.1 Å². The zero-order valence-corrected chi connectivity index (χ0v) is 15.7. The minimum Gasteiger partial charge on any atom is -0.462 e. The molecule has 140 valence electrons. The SMILES string of the molecule is CCOC(=O)C1=CN(CC(=O)Nc2ccc(CC)cc2)S(=O)(=O)N=C1C. The molecular weight excluding hydrogens is 358 g/mol. The molecule has 1 N–H and O–H groups in total. The molecule has 1 amide bonds. The van der Waals surface area contributed by atoms with Crippen LogP contribution >= 0.6 is 0 Å². The van der Waals surface area contributed by atoms with Gasteiger partial charge in [-0.25, -0.2) is 9.10 Å². The van der Waals surface area contributed by atoms with Crippen LogP contribution < -0.4 is 5.32 Å². The summed E-state index contributed by atoms with van der Waals surface area (Å²) in [5.41, 5.74) is 1.70. The van der Waals surface area contributed by atoms with Gasteiger partial charge in [-0.1, -0.05) is 19.1 Å². The number of hydrogen-bond donors (Lipinski definition) is 1. The predicted molar refractivity (Wildman–Crippen MR) is 97.9 cm³/mol. The lowest BCUT2D eigenvalue weighted by Crippen LogP contribution is -2.37. The fourth-order valence-corrected chi connectivity index (χ4v) is 3.35. The molecule has 1 aliphatic rings. The van der Waals surface area contributed by atoms with Crippen molar-refractivity contribution in [3.63, 3.8) is 0 Å². The molecule has 0 aliphatic carbocycles. The molecule has 0 bridgehead atoms. The lowest BCUT2D eigenvalue weighted by Gasteiger charge is -2.22. The Kier molecular flexibility index (Phi) is 6.14. The number of nitrogens with zero attached hydrogens (tertiary/aromatic N) is 2. The van der Waals surface area contributed by atoms with Crippen molar-refractivity contribution in [3.05, 3.63) is 41.6 Å². The van der Waals surface area contributed by atoms with E-state index in [9.17, 15) is 18.0 Å². The summed E-state index contributed by atoms with van der Waals surface area (Å²) in [6, 6.07) is 7.23. The number of esters is 1. The van der Waals surface area contributed by atoms with Crippen molar-refractivity contribution in [2.45, 2.75) is 27.2 Å². The Balaban J connectivity index is 2.14. The Hall–Kier alpha value is -2.68. The number of benzene rings is 1. The third kappa shape index (κ3) is 4.69. The topological polar surface area (TPSA) is 105 Å². The summed E-state index contributed by atoms with van der Waals surface area (Å²) in [6.45, 7) is 4.69. The molecule has 1 aromatic carbocycles. The van der Waals surface area contributed by atoms with Crippen LogP contribution in [0.1, 0.15) is 26.3 Å². The second-order valence-corrected chi connectivity index (χ2v) is 7.11. The van der Waals surface area contributed by atoms with Crippen molar-refractivity contribution >= 4 is 33.5 Å². The first-order valence-corrected chi connectivity index (χ1v) is 9.53. The van der Waals surface area contributed by atoms with E-state index < -0.39 is 28.6 Å². The van der Waals surface area contributed by atoms with Crippen LogP contribution in [0.15, 0.2) is 40.4 Å². The fourth-order valence-electron chi connectivity index (χ4n) is 2.28. The lowest BCUT2D eigenvalue weighted by atomic mass is 10.1. The van der Waals surface area contributed by atoms with E-state index in [4.69, 9.17) is 4.74 Å². The molecule has 0 unspecified atom stereocenters. The van der Waals surface area contributed by atoms with Gasteiger partial charge in [0.05, 0.1) is 17.9 Å². The average Bonchev–Trinajstić information content (AvgIpc) is 2.57. The number of nitrogens with one attached hydrogen (secondary N) is 1. The molecule has 1 aliphatic heterocycles. The largest absolute Gasteiger partial charge is 0.462 e. The Morgan fingerprint density at radius 1 is 1.19 bits per heavy atom. The lowest BCUT2D eigenvalue weighted by molar-refractivity contribution is -0.138. The maximum absolute atomic E-state index is 12.2. The smallest absolute Gasteiger partial charge is 0.344 e. The molecule has 1 aromatic rings. The van der Waals surface area contributed by atoms with E-state index in [1.54, 1.807) is 19.1 Å². The monoisotopic (exact) mass is 379 g/mol. The van der Waals surface area contributed by atoms with Gasteiger partial charge in [-0.05, 0) is 38.0 Å². The van der Waals surface area contributed by atoms with E-state index in [1.807, 2.05) is 19.1 Å². The summed E-state index contributed by atoms with van der Waals surface area (Å²) in [4.78, 5) is 24.1. The van der Waals surface area contributed by atoms with Crippen LogP contribution in [0, 0.1) is 0 Å². The first kappa shape index (κ1) is 19.6. The highest BCUT2D eigenvalue weighted by Gasteiger charge is 2.30. The van der Waals surface area contributed by atoms with Gasteiger partial charge in [0.15, 0.2) is 0 Å². The van der Waals surface area contributed by atoms with Gasteiger partial charge in [-0.3, -0.25) is 4.79 Å². The van der Waals surface area contributed by atoms with Crippen LogP contribution in [0.4, 0.5) is 5.69 Å². The predicted octanol–water partition coefficient (Wildman–Crippen LogP) is 1.66. The van der Waals surface area contributed by atoms with Crippen LogP contribution in [-0.2, 0) is 31.0 Å². The highest BCUT2D eigenvalue weighted by atomic mass is 32.2. The summed E-state index contributed by atoms with van der Waals surface area (Å²) in [7, 11) is -4.08. The van der Waals surface area contributed by atoms with Gasteiger partial charge in [0.25, 0.3) is 0 Å². The van der Waals surface area contributed by atoms with Crippen molar-refractivity contribution in [1.82, 2.24) is 4.31 Å². The molecule has 9 heteroatoms. The number of carbonyl (C=O) groups is 2. The summed E-state index contributed by atoms with van der Waals surface area (Å²) < 4.78 is 33.4. The first-order chi connectivity index (χ1) is 12.3. The normalized spacial score (nSPS) is 15.7. The van der Waals surface area contributed by atoms with Gasteiger partial charge in [-0.15, -0.1) is 4.40 Å². The third-order valence-electron chi connectivity index (χ3n) is 3.65. The molecule has 0 aromatic heterocycles. The average molecular weight is 379 g/mol. The Morgan fingerprint density at radius 3 is 2.42 bits per heavy atom. The van der Waals surface area contributed by atoms with E-state index in [-0.39, 0.29) is 17.9 Å². The molecule has 1 heterocycles. The summed E-state index contributed by atoms with van der Waals surface area (Å²) in [5.74, 6) is -1.24. The summed E-state index contributed by atoms with van der Waals surface area (Å²) in [5, 5.41) is 2.62. The maximum Gasteiger partial charge on any atom is 0.344 e. The van der Waals surface area contributed by atoms with E-state index in [1.165, 1.54) is 6.92 Å². The van der Waals surface area contributed by atoms with Crippen LogP contribution in [0.2, 0.25) is 0 Å². The Labute approximate surface area is 152 Å². The van der Waals surface area contributed by atoms with Crippen LogP contribution in [0.5, 0.6) is 0 Å². The molecule has 0 radical (unpaired) electrons. The fraction of sp³-hybridized carbons (Fsp3) is 0.353. The van der Waals surface area contributed by atoms with Gasteiger partial charge in [0.1, 0.15) is 6.54 Å². The Morgan fingerprint density at radius 2 is 1.85 bits per heavy atom.